The number of rotatable bonds is 11. The molecule has 214 valence electrons. The smallest absolute Gasteiger partial charge is 0.264 e. The SMILES string of the molecule is CC[C@H](C)NC(=O)[C@H](C)N(Cc1ccc(Cl)cc1Cl)C(=O)CN(c1ccc(C)cc1)S(=O)(=O)c1ccc(F)cc1. The van der Waals surface area contributed by atoms with Crippen LogP contribution in [0, 0.1) is 12.7 Å². The van der Waals surface area contributed by atoms with Crippen molar-refractivity contribution in [2.45, 2.75) is 57.6 Å². The van der Waals surface area contributed by atoms with E-state index in [0.29, 0.717) is 22.0 Å². The lowest BCUT2D eigenvalue weighted by Crippen LogP contribution is -2.52. The van der Waals surface area contributed by atoms with Crippen LogP contribution in [0.4, 0.5) is 10.1 Å². The van der Waals surface area contributed by atoms with Crippen LogP contribution in [-0.4, -0.2) is 43.8 Å². The van der Waals surface area contributed by atoms with Crippen LogP contribution in [-0.2, 0) is 26.2 Å². The summed E-state index contributed by atoms with van der Waals surface area (Å²) in [4.78, 5) is 28.1. The fourth-order valence-electron chi connectivity index (χ4n) is 3.86. The van der Waals surface area contributed by atoms with E-state index in [-0.39, 0.29) is 23.2 Å². The number of aryl methyl sites for hydroxylation is 1. The number of anilines is 1. The number of nitrogens with one attached hydrogen (secondary N) is 1. The maximum atomic E-state index is 13.9. The summed E-state index contributed by atoms with van der Waals surface area (Å²) in [5, 5.41) is 3.58. The molecule has 3 rings (SSSR count). The molecule has 7 nitrogen and oxygen atoms in total. The zero-order chi connectivity index (χ0) is 29.6. The first-order chi connectivity index (χ1) is 18.8. The molecule has 40 heavy (non-hydrogen) atoms. The summed E-state index contributed by atoms with van der Waals surface area (Å²) in [6, 6.07) is 14.7. The van der Waals surface area contributed by atoms with Crippen LogP contribution < -0.4 is 9.62 Å². The summed E-state index contributed by atoms with van der Waals surface area (Å²) in [5.74, 6) is -1.62. The first kappa shape index (κ1) is 31.4. The van der Waals surface area contributed by atoms with Crippen LogP contribution in [0.2, 0.25) is 10.0 Å². The lowest BCUT2D eigenvalue weighted by Gasteiger charge is -2.32. The van der Waals surface area contributed by atoms with Crippen molar-refractivity contribution in [3.63, 3.8) is 0 Å². The number of carbonyl (C=O) groups excluding carboxylic acids is 2. The second kappa shape index (κ2) is 13.5. The quantitative estimate of drug-likeness (QED) is 0.291. The molecule has 0 fully saturated rings. The number of hydrogen-bond donors (Lipinski definition) is 1. The largest absolute Gasteiger partial charge is 0.352 e. The average molecular weight is 609 g/mol. The molecule has 2 atom stereocenters. The van der Waals surface area contributed by atoms with Crippen molar-refractivity contribution in [3.05, 3.63) is 93.7 Å². The number of sulfonamides is 1. The Kier molecular flexibility index (Phi) is 10.6. The van der Waals surface area contributed by atoms with Crippen LogP contribution in [0.15, 0.2) is 71.6 Å². The predicted octanol–water partition coefficient (Wildman–Crippen LogP) is 5.97. The molecule has 11 heteroatoms. The minimum atomic E-state index is -4.29. The Hall–Kier alpha value is -3.14. The molecule has 1 N–H and O–H groups in total. The summed E-state index contributed by atoms with van der Waals surface area (Å²) >= 11 is 12.4. The zero-order valence-electron chi connectivity index (χ0n) is 22.7. The number of nitrogens with zero attached hydrogens (tertiary/aromatic N) is 2. The van der Waals surface area contributed by atoms with Gasteiger partial charge in [-0.05, 0) is 81.3 Å². The minimum absolute atomic E-state index is 0.0672. The molecule has 0 aliphatic rings. The highest BCUT2D eigenvalue weighted by Crippen LogP contribution is 2.27. The van der Waals surface area contributed by atoms with Crippen LogP contribution in [0.25, 0.3) is 0 Å². The van der Waals surface area contributed by atoms with Gasteiger partial charge in [0.1, 0.15) is 18.4 Å². The minimum Gasteiger partial charge on any atom is -0.352 e. The van der Waals surface area contributed by atoms with Gasteiger partial charge in [-0.1, -0.05) is 53.9 Å². The second-order valence-electron chi connectivity index (χ2n) is 9.55. The van der Waals surface area contributed by atoms with E-state index in [2.05, 4.69) is 5.32 Å². The van der Waals surface area contributed by atoms with Crippen LogP contribution in [0.5, 0.6) is 0 Å². The van der Waals surface area contributed by atoms with Gasteiger partial charge in [0.05, 0.1) is 10.6 Å². The molecule has 0 saturated heterocycles. The molecule has 3 aromatic rings. The molecule has 0 aromatic heterocycles. The lowest BCUT2D eigenvalue weighted by atomic mass is 10.1. The summed E-state index contributed by atoms with van der Waals surface area (Å²) in [7, 11) is -4.29. The van der Waals surface area contributed by atoms with Gasteiger partial charge < -0.3 is 10.2 Å². The van der Waals surface area contributed by atoms with Crippen LogP contribution in [0.3, 0.4) is 0 Å². The maximum absolute atomic E-state index is 13.9. The Morgan fingerprint density at radius 3 is 2.17 bits per heavy atom. The Bertz CT molecular complexity index is 1450. The number of amides is 2. The maximum Gasteiger partial charge on any atom is 0.264 e. The first-order valence-corrected chi connectivity index (χ1v) is 14.9. The van der Waals surface area contributed by atoms with Gasteiger partial charge >= 0.3 is 0 Å². The topological polar surface area (TPSA) is 86.8 Å². The van der Waals surface area contributed by atoms with E-state index in [0.717, 1.165) is 34.1 Å². The van der Waals surface area contributed by atoms with Gasteiger partial charge in [0.2, 0.25) is 11.8 Å². The van der Waals surface area contributed by atoms with Crippen molar-refractivity contribution in [3.8, 4) is 0 Å². The molecule has 0 heterocycles. The molecule has 0 bridgehead atoms. The van der Waals surface area contributed by atoms with Gasteiger partial charge in [-0.25, -0.2) is 12.8 Å². The molecule has 2 amide bonds. The highest BCUT2D eigenvalue weighted by atomic mass is 35.5. The third-order valence-corrected chi connectivity index (χ3v) is 8.90. The normalized spacial score (nSPS) is 12.9. The van der Waals surface area contributed by atoms with E-state index in [1.54, 1.807) is 43.3 Å². The zero-order valence-corrected chi connectivity index (χ0v) is 25.0. The fraction of sp³-hybridized carbons (Fsp3) is 0.310. The van der Waals surface area contributed by atoms with E-state index < -0.39 is 40.2 Å². The highest BCUT2D eigenvalue weighted by molar-refractivity contribution is 7.92. The molecule has 0 radical (unpaired) electrons. The Morgan fingerprint density at radius 1 is 0.975 bits per heavy atom. The van der Waals surface area contributed by atoms with Crippen molar-refractivity contribution >= 4 is 50.7 Å². The number of carbonyl (C=O) groups is 2. The van der Waals surface area contributed by atoms with E-state index in [1.807, 2.05) is 20.8 Å². The number of benzene rings is 3. The molecule has 0 saturated carbocycles. The third kappa shape index (κ3) is 7.74. The Balaban J connectivity index is 2.04. The predicted molar refractivity (Wildman–Crippen MR) is 156 cm³/mol. The van der Waals surface area contributed by atoms with Crippen LogP contribution in [0.1, 0.15) is 38.3 Å². The lowest BCUT2D eigenvalue weighted by molar-refractivity contribution is -0.139. The molecule has 0 spiro atoms. The summed E-state index contributed by atoms with van der Waals surface area (Å²) in [6.45, 7) is 6.51. The molecule has 0 aliphatic carbocycles. The summed E-state index contributed by atoms with van der Waals surface area (Å²) in [6.07, 6.45) is 0.687. The van der Waals surface area contributed by atoms with Gasteiger partial charge in [-0.15, -0.1) is 0 Å². The van der Waals surface area contributed by atoms with Gasteiger partial charge in [-0.3, -0.25) is 13.9 Å². The summed E-state index contributed by atoms with van der Waals surface area (Å²) in [5.41, 5.74) is 1.67. The molecular weight excluding hydrogens is 576 g/mol. The molecule has 3 aromatic carbocycles. The van der Waals surface area contributed by atoms with Gasteiger partial charge in [0, 0.05) is 22.6 Å². The van der Waals surface area contributed by atoms with E-state index in [9.17, 15) is 22.4 Å². The van der Waals surface area contributed by atoms with E-state index >= 15 is 0 Å². The standard InChI is InChI=1S/C29H32Cl2FN3O4S/c1-5-20(3)33-29(37)21(4)34(17-22-8-9-23(30)16-27(22)31)28(36)18-35(25-12-6-19(2)7-13-25)40(38,39)26-14-10-24(32)11-15-26/h6-16,20-21H,5,17-18H2,1-4H3,(H,33,37)/t20-,21-/m0/s1. The Labute approximate surface area is 244 Å². The highest BCUT2D eigenvalue weighted by Gasteiger charge is 2.33. The second-order valence-corrected chi connectivity index (χ2v) is 12.3. The molecule has 0 aliphatic heterocycles. The van der Waals surface area contributed by atoms with Crippen molar-refractivity contribution in [1.29, 1.82) is 0 Å². The fourth-order valence-corrected chi connectivity index (χ4v) is 5.74. The van der Waals surface area contributed by atoms with Crippen molar-refractivity contribution < 1.29 is 22.4 Å². The Morgan fingerprint density at radius 2 is 1.60 bits per heavy atom. The molecular formula is C29H32Cl2FN3O4S. The van der Waals surface area contributed by atoms with Crippen LogP contribution >= 0.6 is 23.2 Å². The monoisotopic (exact) mass is 607 g/mol. The van der Waals surface area contributed by atoms with Crippen molar-refractivity contribution in [1.82, 2.24) is 10.2 Å². The molecule has 0 unspecified atom stereocenters. The average Bonchev–Trinajstić information content (AvgIpc) is 2.91. The number of halogens is 3. The van der Waals surface area contributed by atoms with Crippen molar-refractivity contribution in [2.24, 2.45) is 0 Å². The van der Waals surface area contributed by atoms with E-state index in [4.69, 9.17) is 23.2 Å². The van der Waals surface area contributed by atoms with E-state index in [1.165, 1.54) is 11.0 Å². The van der Waals surface area contributed by atoms with Crippen molar-refractivity contribution in [2.75, 3.05) is 10.8 Å². The summed E-state index contributed by atoms with van der Waals surface area (Å²) < 4.78 is 42.0. The van der Waals surface area contributed by atoms with Gasteiger partial charge in [0.15, 0.2) is 0 Å². The third-order valence-electron chi connectivity index (χ3n) is 6.53. The number of hydrogen-bond acceptors (Lipinski definition) is 4. The first-order valence-electron chi connectivity index (χ1n) is 12.7. The van der Waals surface area contributed by atoms with Gasteiger partial charge in [-0.2, -0.15) is 0 Å². The van der Waals surface area contributed by atoms with Gasteiger partial charge in [0.25, 0.3) is 10.0 Å².